The predicted octanol–water partition coefficient (Wildman–Crippen LogP) is 2.72. The number of benzene rings is 1. The Balaban J connectivity index is 3.42. The van der Waals surface area contributed by atoms with Crippen molar-refractivity contribution < 1.29 is 31.4 Å². The summed E-state index contributed by atoms with van der Waals surface area (Å²) < 4.78 is 77.2. The Labute approximate surface area is 86.3 Å². The fourth-order valence-electron chi connectivity index (χ4n) is 1.16. The third-order valence-corrected chi connectivity index (χ3v) is 1.90. The van der Waals surface area contributed by atoms with Crippen LogP contribution in [-0.4, -0.2) is 11.7 Å². The minimum atomic E-state index is -4.17. The summed E-state index contributed by atoms with van der Waals surface area (Å²) in [6.07, 6.45) is -1.33. The highest BCUT2D eigenvalue weighted by Gasteiger charge is 2.39. The van der Waals surface area contributed by atoms with Crippen molar-refractivity contribution >= 4 is 0 Å². The van der Waals surface area contributed by atoms with E-state index in [4.69, 9.17) is 5.11 Å². The van der Waals surface area contributed by atoms with Gasteiger partial charge in [0.25, 0.3) is 5.92 Å². The molecule has 0 fully saturated rings. The average molecular weight is 244 g/mol. The fourth-order valence-corrected chi connectivity index (χ4v) is 1.16. The summed E-state index contributed by atoms with van der Waals surface area (Å²) in [6, 6.07) is -0.163. The Morgan fingerprint density at radius 1 is 1.00 bits per heavy atom. The second-order valence-corrected chi connectivity index (χ2v) is 3.02. The molecular weight excluding hydrogens is 238 g/mol. The van der Waals surface area contributed by atoms with Crippen LogP contribution in [-0.2, 0) is 5.92 Å². The van der Waals surface area contributed by atoms with E-state index in [1.165, 1.54) is 0 Å². The van der Waals surface area contributed by atoms with E-state index in [0.29, 0.717) is 0 Å². The molecule has 1 rings (SSSR count). The number of rotatable bonds is 3. The van der Waals surface area contributed by atoms with Crippen LogP contribution in [0.4, 0.5) is 26.3 Å². The van der Waals surface area contributed by atoms with Crippen molar-refractivity contribution in [3.05, 3.63) is 34.9 Å². The van der Waals surface area contributed by atoms with Crippen molar-refractivity contribution in [2.24, 2.45) is 0 Å². The summed E-state index contributed by atoms with van der Waals surface area (Å²) in [5, 5.41) is 8.27. The number of aliphatic hydroxyl groups is 1. The highest BCUT2D eigenvalue weighted by Crippen LogP contribution is 2.36. The van der Waals surface area contributed by atoms with Crippen LogP contribution in [0.25, 0.3) is 0 Å². The predicted molar refractivity (Wildman–Crippen MR) is 41.9 cm³/mol. The molecule has 0 unspecified atom stereocenters. The van der Waals surface area contributed by atoms with E-state index in [9.17, 15) is 26.3 Å². The van der Waals surface area contributed by atoms with Gasteiger partial charge in [0.05, 0.1) is 5.56 Å². The molecule has 0 atom stereocenters. The molecule has 90 valence electrons. The molecule has 0 aliphatic heterocycles. The van der Waals surface area contributed by atoms with Gasteiger partial charge in [0.15, 0.2) is 23.3 Å². The zero-order valence-electron chi connectivity index (χ0n) is 7.71. The van der Waals surface area contributed by atoms with E-state index >= 15 is 0 Å². The Hall–Kier alpha value is -1.24. The first-order chi connectivity index (χ1) is 7.31. The van der Waals surface area contributed by atoms with Crippen molar-refractivity contribution in [3.8, 4) is 0 Å². The summed E-state index contributed by atoms with van der Waals surface area (Å²) in [5.41, 5.74) is -2.00. The van der Waals surface area contributed by atoms with Crippen molar-refractivity contribution in [2.75, 3.05) is 6.61 Å². The summed E-state index contributed by atoms with van der Waals surface area (Å²) in [6.45, 7) is -1.08. The molecule has 1 nitrogen and oxygen atoms in total. The fraction of sp³-hybridized carbons (Fsp3) is 0.333. The van der Waals surface area contributed by atoms with Gasteiger partial charge >= 0.3 is 0 Å². The number of hydrogen-bond acceptors (Lipinski definition) is 1. The van der Waals surface area contributed by atoms with Crippen LogP contribution >= 0.6 is 0 Å². The molecule has 0 aromatic heterocycles. The topological polar surface area (TPSA) is 20.2 Å². The third-order valence-electron chi connectivity index (χ3n) is 1.90. The molecule has 1 N–H and O–H groups in total. The standard InChI is InChI=1S/C9H6F6O/c10-4-3-5(11)8(13)6(7(4)12)9(14,15)1-2-16/h3,16H,1-2H2. The summed E-state index contributed by atoms with van der Waals surface area (Å²) in [5.74, 6) is -12.3. The van der Waals surface area contributed by atoms with Crippen LogP contribution in [0.3, 0.4) is 0 Å². The van der Waals surface area contributed by atoms with Gasteiger partial charge < -0.3 is 5.11 Å². The van der Waals surface area contributed by atoms with Gasteiger partial charge in [0, 0.05) is 19.1 Å². The third kappa shape index (κ3) is 2.13. The number of hydrogen-bond donors (Lipinski definition) is 1. The second kappa shape index (κ2) is 4.32. The van der Waals surface area contributed by atoms with Gasteiger partial charge in [0.1, 0.15) is 0 Å². The van der Waals surface area contributed by atoms with E-state index in [0.717, 1.165) is 0 Å². The first-order valence-corrected chi connectivity index (χ1v) is 4.13. The molecule has 7 heteroatoms. The molecule has 16 heavy (non-hydrogen) atoms. The molecule has 0 saturated heterocycles. The van der Waals surface area contributed by atoms with Crippen LogP contribution in [0, 0.1) is 23.3 Å². The zero-order valence-corrected chi connectivity index (χ0v) is 7.71. The molecule has 1 aromatic rings. The maximum Gasteiger partial charge on any atom is 0.281 e. The maximum absolute atomic E-state index is 13.1. The van der Waals surface area contributed by atoms with E-state index in [1.54, 1.807) is 0 Å². The van der Waals surface area contributed by atoms with Crippen LogP contribution in [0.2, 0.25) is 0 Å². The van der Waals surface area contributed by atoms with Gasteiger partial charge in [-0.15, -0.1) is 0 Å². The van der Waals surface area contributed by atoms with Crippen molar-refractivity contribution in [2.45, 2.75) is 12.3 Å². The van der Waals surface area contributed by atoms with Gasteiger partial charge in [-0.2, -0.15) is 0 Å². The zero-order chi connectivity index (χ0) is 12.5. The molecule has 1 aromatic carbocycles. The largest absolute Gasteiger partial charge is 0.396 e. The molecule has 0 heterocycles. The normalized spacial score (nSPS) is 11.9. The van der Waals surface area contributed by atoms with Gasteiger partial charge in [-0.25, -0.2) is 26.3 Å². The Morgan fingerprint density at radius 3 is 1.81 bits per heavy atom. The van der Waals surface area contributed by atoms with Crippen molar-refractivity contribution in [1.82, 2.24) is 0 Å². The van der Waals surface area contributed by atoms with Crippen LogP contribution in [0.15, 0.2) is 6.07 Å². The lowest BCUT2D eigenvalue weighted by atomic mass is 10.0. The molecule has 0 spiro atoms. The van der Waals surface area contributed by atoms with Crippen LogP contribution in [0.5, 0.6) is 0 Å². The van der Waals surface area contributed by atoms with Gasteiger partial charge in [-0.3, -0.25) is 0 Å². The molecule has 0 radical (unpaired) electrons. The number of aliphatic hydroxyl groups excluding tert-OH is 1. The lowest BCUT2D eigenvalue weighted by molar-refractivity contribution is -0.0343. The lowest BCUT2D eigenvalue weighted by Crippen LogP contribution is -2.21. The molecule has 0 aliphatic rings. The SMILES string of the molecule is OCCC(F)(F)c1c(F)c(F)cc(F)c1F. The minimum absolute atomic E-state index is 0.163. The summed E-state index contributed by atoms with van der Waals surface area (Å²) in [4.78, 5) is 0. The molecule has 0 amide bonds. The first-order valence-electron chi connectivity index (χ1n) is 4.13. The molecule has 0 bridgehead atoms. The summed E-state index contributed by atoms with van der Waals surface area (Å²) >= 11 is 0. The van der Waals surface area contributed by atoms with E-state index in [1.807, 2.05) is 0 Å². The van der Waals surface area contributed by atoms with Crippen LogP contribution in [0.1, 0.15) is 12.0 Å². The maximum atomic E-state index is 13.1. The molecule has 0 aliphatic carbocycles. The highest BCUT2D eigenvalue weighted by molar-refractivity contribution is 5.26. The van der Waals surface area contributed by atoms with E-state index < -0.39 is 47.8 Å². The lowest BCUT2D eigenvalue weighted by Gasteiger charge is -2.17. The summed E-state index contributed by atoms with van der Waals surface area (Å²) in [7, 11) is 0. The molecule has 0 saturated carbocycles. The van der Waals surface area contributed by atoms with Crippen molar-refractivity contribution in [1.29, 1.82) is 0 Å². The Bertz CT molecular complexity index is 377. The Kier molecular flexibility index (Phi) is 3.47. The average Bonchev–Trinajstić information content (AvgIpc) is 2.14. The second-order valence-electron chi connectivity index (χ2n) is 3.02. The Morgan fingerprint density at radius 2 is 1.44 bits per heavy atom. The first kappa shape index (κ1) is 12.8. The number of halogens is 6. The van der Waals surface area contributed by atoms with E-state index in [-0.39, 0.29) is 6.07 Å². The van der Waals surface area contributed by atoms with Gasteiger partial charge in [0.2, 0.25) is 0 Å². The quantitative estimate of drug-likeness (QED) is 0.640. The smallest absolute Gasteiger partial charge is 0.281 e. The van der Waals surface area contributed by atoms with Gasteiger partial charge in [-0.05, 0) is 0 Å². The van der Waals surface area contributed by atoms with Gasteiger partial charge in [-0.1, -0.05) is 0 Å². The van der Waals surface area contributed by atoms with E-state index in [2.05, 4.69) is 0 Å². The number of alkyl halides is 2. The highest BCUT2D eigenvalue weighted by atomic mass is 19.3. The van der Waals surface area contributed by atoms with Crippen molar-refractivity contribution in [3.63, 3.8) is 0 Å². The minimum Gasteiger partial charge on any atom is -0.396 e. The van der Waals surface area contributed by atoms with Crippen LogP contribution < -0.4 is 0 Å². The monoisotopic (exact) mass is 244 g/mol. The molecular formula is C9H6F6O.